The highest BCUT2D eigenvalue weighted by atomic mass is 16.3. The van der Waals surface area contributed by atoms with Crippen LogP contribution in [0.25, 0.3) is 0 Å². The van der Waals surface area contributed by atoms with Crippen LogP contribution in [0.15, 0.2) is 24.3 Å². The molecule has 0 bridgehead atoms. The Hall–Kier alpha value is -1.39. The Balaban J connectivity index is 1.43. The third-order valence-corrected chi connectivity index (χ3v) is 5.33. The van der Waals surface area contributed by atoms with E-state index in [0.29, 0.717) is 12.5 Å². The predicted octanol–water partition coefficient (Wildman–Crippen LogP) is 1.99. The summed E-state index contributed by atoms with van der Waals surface area (Å²) < 4.78 is 0. The minimum atomic E-state index is -0.168. The monoisotopic (exact) mass is 316 g/mol. The molecule has 4 heteroatoms. The Bertz CT molecular complexity index is 521. The van der Waals surface area contributed by atoms with Crippen molar-refractivity contribution in [3.05, 3.63) is 35.4 Å². The van der Waals surface area contributed by atoms with E-state index in [-0.39, 0.29) is 12.0 Å². The smallest absolute Gasteiger partial charge is 0.222 e. The summed E-state index contributed by atoms with van der Waals surface area (Å²) >= 11 is 0. The molecule has 1 saturated carbocycles. The van der Waals surface area contributed by atoms with E-state index in [1.165, 1.54) is 11.1 Å². The molecule has 4 nitrogen and oxygen atoms in total. The van der Waals surface area contributed by atoms with Gasteiger partial charge in [0, 0.05) is 38.6 Å². The predicted molar refractivity (Wildman–Crippen MR) is 91.3 cm³/mol. The zero-order valence-corrected chi connectivity index (χ0v) is 14.1. The van der Waals surface area contributed by atoms with Crippen molar-refractivity contribution in [1.29, 1.82) is 0 Å². The van der Waals surface area contributed by atoms with E-state index in [1.807, 2.05) is 4.90 Å². The largest absolute Gasteiger partial charge is 0.391 e. The molecule has 126 valence electrons. The third kappa shape index (κ3) is 4.12. The zero-order chi connectivity index (χ0) is 16.2. The van der Waals surface area contributed by atoms with Crippen LogP contribution in [0, 0.1) is 6.92 Å². The fraction of sp³-hybridized carbons (Fsp3) is 0.632. The molecule has 1 aromatic rings. The van der Waals surface area contributed by atoms with Crippen LogP contribution in [0.2, 0.25) is 0 Å². The van der Waals surface area contributed by atoms with Crippen molar-refractivity contribution < 1.29 is 9.90 Å². The molecule has 0 spiro atoms. The van der Waals surface area contributed by atoms with E-state index in [1.54, 1.807) is 0 Å². The molecule has 1 aromatic carbocycles. The van der Waals surface area contributed by atoms with Crippen molar-refractivity contribution in [2.45, 2.75) is 51.2 Å². The lowest BCUT2D eigenvalue weighted by molar-refractivity contribution is -0.133. The highest BCUT2D eigenvalue weighted by Crippen LogP contribution is 2.25. The molecule has 3 rings (SSSR count). The molecule has 2 unspecified atom stereocenters. The Morgan fingerprint density at radius 2 is 1.83 bits per heavy atom. The SMILES string of the molecule is Cc1ccc(CCC(=O)N2CCN(C3CCCC3O)CC2)cc1. The number of carbonyl (C=O) groups excluding carboxylic acids is 1. The summed E-state index contributed by atoms with van der Waals surface area (Å²) in [6.07, 6.45) is 4.40. The van der Waals surface area contributed by atoms with Crippen LogP contribution in [-0.2, 0) is 11.2 Å². The van der Waals surface area contributed by atoms with Crippen molar-refractivity contribution in [3.63, 3.8) is 0 Å². The van der Waals surface area contributed by atoms with Crippen molar-refractivity contribution >= 4 is 5.91 Å². The number of nitrogens with zero attached hydrogens (tertiary/aromatic N) is 2. The number of piperazine rings is 1. The Morgan fingerprint density at radius 3 is 2.43 bits per heavy atom. The van der Waals surface area contributed by atoms with Crippen molar-refractivity contribution in [2.75, 3.05) is 26.2 Å². The molecule has 1 N–H and O–H groups in total. The van der Waals surface area contributed by atoms with Gasteiger partial charge in [0.2, 0.25) is 5.91 Å². The summed E-state index contributed by atoms with van der Waals surface area (Å²) in [7, 11) is 0. The van der Waals surface area contributed by atoms with E-state index in [9.17, 15) is 9.90 Å². The fourth-order valence-corrected chi connectivity index (χ4v) is 3.81. The van der Waals surface area contributed by atoms with Crippen LogP contribution < -0.4 is 0 Å². The lowest BCUT2D eigenvalue weighted by Gasteiger charge is -2.39. The first-order valence-electron chi connectivity index (χ1n) is 8.89. The molecule has 1 saturated heterocycles. The summed E-state index contributed by atoms with van der Waals surface area (Å²) in [5, 5.41) is 10.0. The van der Waals surface area contributed by atoms with Gasteiger partial charge < -0.3 is 10.0 Å². The number of aliphatic hydroxyl groups is 1. The lowest BCUT2D eigenvalue weighted by Crippen LogP contribution is -2.53. The normalized spacial score (nSPS) is 25.7. The van der Waals surface area contributed by atoms with E-state index in [0.717, 1.165) is 51.9 Å². The highest BCUT2D eigenvalue weighted by molar-refractivity contribution is 5.76. The number of aryl methyl sites for hydroxylation is 2. The van der Waals surface area contributed by atoms with Gasteiger partial charge in [0.15, 0.2) is 0 Å². The van der Waals surface area contributed by atoms with Gasteiger partial charge in [-0.15, -0.1) is 0 Å². The fourth-order valence-electron chi connectivity index (χ4n) is 3.81. The van der Waals surface area contributed by atoms with Gasteiger partial charge in [-0.05, 0) is 38.2 Å². The van der Waals surface area contributed by atoms with Crippen molar-refractivity contribution in [2.24, 2.45) is 0 Å². The summed E-state index contributed by atoms with van der Waals surface area (Å²) in [6.45, 7) is 5.48. The first kappa shape index (κ1) is 16.5. The van der Waals surface area contributed by atoms with Gasteiger partial charge >= 0.3 is 0 Å². The van der Waals surface area contributed by atoms with Gasteiger partial charge in [-0.25, -0.2) is 0 Å². The number of benzene rings is 1. The van der Waals surface area contributed by atoms with Crippen LogP contribution >= 0.6 is 0 Å². The molecule has 1 heterocycles. The maximum atomic E-state index is 12.4. The van der Waals surface area contributed by atoms with Crippen LogP contribution in [-0.4, -0.2) is 59.1 Å². The van der Waals surface area contributed by atoms with Crippen molar-refractivity contribution in [1.82, 2.24) is 9.80 Å². The number of hydrogen-bond acceptors (Lipinski definition) is 3. The number of carbonyl (C=O) groups is 1. The second kappa shape index (κ2) is 7.45. The molecule has 2 atom stereocenters. The van der Waals surface area contributed by atoms with Crippen LogP contribution in [0.3, 0.4) is 0 Å². The number of aliphatic hydroxyl groups excluding tert-OH is 1. The minimum Gasteiger partial charge on any atom is -0.391 e. The molecule has 23 heavy (non-hydrogen) atoms. The van der Waals surface area contributed by atoms with Crippen LogP contribution in [0.4, 0.5) is 0 Å². The summed E-state index contributed by atoms with van der Waals surface area (Å²) in [5.41, 5.74) is 2.49. The van der Waals surface area contributed by atoms with Crippen LogP contribution in [0.1, 0.15) is 36.8 Å². The summed E-state index contributed by atoms with van der Waals surface area (Å²) in [5.74, 6) is 0.261. The minimum absolute atomic E-state index is 0.168. The quantitative estimate of drug-likeness (QED) is 0.924. The van der Waals surface area contributed by atoms with E-state index >= 15 is 0 Å². The average molecular weight is 316 g/mol. The number of amides is 1. The van der Waals surface area contributed by atoms with Gasteiger partial charge in [0.1, 0.15) is 0 Å². The summed E-state index contributed by atoms with van der Waals surface area (Å²) in [4.78, 5) is 16.8. The van der Waals surface area contributed by atoms with Gasteiger partial charge in [0.05, 0.1) is 6.10 Å². The lowest BCUT2D eigenvalue weighted by atomic mass is 10.1. The number of rotatable bonds is 4. The van der Waals surface area contributed by atoms with Gasteiger partial charge in [-0.2, -0.15) is 0 Å². The molecule has 1 aliphatic carbocycles. The van der Waals surface area contributed by atoms with E-state index in [4.69, 9.17) is 0 Å². The van der Waals surface area contributed by atoms with E-state index < -0.39 is 0 Å². The topological polar surface area (TPSA) is 43.8 Å². The molecular formula is C19H28N2O2. The van der Waals surface area contributed by atoms with Crippen LogP contribution in [0.5, 0.6) is 0 Å². The average Bonchev–Trinajstić information content (AvgIpc) is 3.00. The molecule has 2 fully saturated rings. The Morgan fingerprint density at radius 1 is 1.13 bits per heavy atom. The maximum Gasteiger partial charge on any atom is 0.222 e. The molecule has 2 aliphatic rings. The highest BCUT2D eigenvalue weighted by Gasteiger charge is 2.33. The molecule has 1 amide bonds. The third-order valence-electron chi connectivity index (χ3n) is 5.33. The number of hydrogen-bond donors (Lipinski definition) is 1. The van der Waals surface area contributed by atoms with Gasteiger partial charge in [-0.3, -0.25) is 9.69 Å². The molecule has 1 aliphatic heterocycles. The van der Waals surface area contributed by atoms with Gasteiger partial charge in [0.25, 0.3) is 0 Å². The zero-order valence-electron chi connectivity index (χ0n) is 14.1. The standard InChI is InChI=1S/C19H28N2O2/c1-15-5-7-16(8-6-15)9-10-19(23)21-13-11-20(12-14-21)17-3-2-4-18(17)22/h5-8,17-18,22H,2-4,9-14H2,1H3. The second-order valence-corrected chi connectivity index (χ2v) is 6.97. The van der Waals surface area contributed by atoms with Crippen molar-refractivity contribution in [3.8, 4) is 0 Å². The first-order valence-corrected chi connectivity index (χ1v) is 8.89. The Labute approximate surface area is 139 Å². The van der Waals surface area contributed by atoms with Gasteiger partial charge in [-0.1, -0.05) is 29.8 Å². The maximum absolute atomic E-state index is 12.4. The van der Waals surface area contributed by atoms with E-state index in [2.05, 4.69) is 36.1 Å². The Kier molecular flexibility index (Phi) is 5.34. The second-order valence-electron chi connectivity index (χ2n) is 6.97. The molecule has 0 radical (unpaired) electrons. The summed E-state index contributed by atoms with van der Waals surface area (Å²) in [6, 6.07) is 8.75. The first-order chi connectivity index (χ1) is 11.1. The molecule has 0 aromatic heterocycles. The molecular weight excluding hydrogens is 288 g/mol.